The largest absolute Gasteiger partial charge is 0.430 e. The van der Waals surface area contributed by atoms with Crippen molar-refractivity contribution in [3.05, 3.63) is 35.3 Å². The minimum absolute atomic E-state index is 0.399. The first-order chi connectivity index (χ1) is 6.88. The van der Waals surface area contributed by atoms with Gasteiger partial charge in [0.05, 0.1) is 0 Å². The first-order valence-electron chi connectivity index (χ1n) is 4.14. The standard InChI is InChI=1S/C9H9N3OS/c10-6-8-11-12-9(14-8)13-7-4-2-1-3-5-7/h1-5H,6,10H2. The summed E-state index contributed by atoms with van der Waals surface area (Å²) in [5.41, 5.74) is 5.41. The van der Waals surface area contributed by atoms with E-state index in [4.69, 9.17) is 10.5 Å². The van der Waals surface area contributed by atoms with Gasteiger partial charge in [-0.15, -0.1) is 5.10 Å². The van der Waals surface area contributed by atoms with Gasteiger partial charge in [0, 0.05) is 6.54 Å². The van der Waals surface area contributed by atoms with Gasteiger partial charge in [-0.05, 0) is 12.1 Å². The minimum Gasteiger partial charge on any atom is -0.430 e. The van der Waals surface area contributed by atoms with E-state index in [0.29, 0.717) is 11.7 Å². The summed E-state index contributed by atoms with van der Waals surface area (Å²) in [5, 5.41) is 9.00. The number of nitrogens with zero attached hydrogens (tertiary/aromatic N) is 2. The molecule has 0 spiro atoms. The Morgan fingerprint density at radius 3 is 2.64 bits per heavy atom. The summed E-state index contributed by atoms with van der Waals surface area (Å²) in [7, 11) is 0. The lowest BCUT2D eigenvalue weighted by atomic mass is 10.3. The van der Waals surface area contributed by atoms with Crippen LogP contribution in [0.3, 0.4) is 0 Å². The molecule has 5 heteroatoms. The van der Waals surface area contributed by atoms with E-state index in [9.17, 15) is 0 Å². The number of para-hydroxylation sites is 1. The lowest BCUT2D eigenvalue weighted by molar-refractivity contribution is 0.473. The SMILES string of the molecule is NCc1nnc(Oc2ccccc2)s1. The summed E-state index contributed by atoms with van der Waals surface area (Å²) >= 11 is 1.36. The predicted molar refractivity (Wildman–Crippen MR) is 54.3 cm³/mol. The lowest BCUT2D eigenvalue weighted by Gasteiger charge is -1.98. The first-order valence-corrected chi connectivity index (χ1v) is 4.95. The summed E-state index contributed by atoms with van der Waals surface area (Å²) in [5.74, 6) is 0.757. The molecular weight excluding hydrogens is 198 g/mol. The molecule has 72 valence electrons. The van der Waals surface area contributed by atoms with Gasteiger partial charge in [-0.2, -0.15) is 0 Å². The van der Waals surface area contributed by atoms with Gasteiger partial charge >= 0.3 is 0 Å². The molecule has 0 saturated heterocycles. The van der Waals surface area contributed by atoms with Crippen LogP contribution in [0.15, 0.2) is 30.3 Å². The second-order valence-electron chi connectivity index (χ2n) is 2.58. The molecule has 4 nitrogen and oxygen atoms in total. The molecule has 0 fully saturated rings. The molecule has 0 aliphatic heterocycles. The van der Waals surface area contributed by atoms with Crippen molar-refractivity contribution in [1.29, 1.82) is 0 Å². The maximum atomic E-state index is 5.45. The van der Waals surface area contributed by atoms with Crippen LogP contribution in [0.5, 0.6) is 10.9 Å². The summed E-state index contributed by atoms with van der Waals surface area (Å²) in [4.78, 5) is 0. The molecule has 0 unspecified atom stereocenters. The van der Waals surface area contributed by atoms with Crippen LogP contribution in [0.1, 0.15) is 5.01 Å². The topological polar surface area (TPSA) is 61.0 Å². The average Bonchev–Trinajstić information content (AvgIpc) is 2.67. The van der Waals surface area contributed by atoms with Crippen LogP contribution in [0.2, 0.25) is 0 Å². The molecule has 1 aromatic carbocycles. The Morgan fingerprint density at radius 1 is 1.21 bits per heavy atom. The van der Waals surface area contributed by atoms with Crippen LogP contribution in [0.25, 0.3) is 0 Å². The van der Waals surface area contributed by atoms with Gasteiger partial charge in [-0.25, -0.2) is 0 Å². The Bertz CT molecular complexity index is 401. The van der Waals surface area contributed by atoms with E-state index in [2.05, 4.69) is 10.2 Å². The molecule has 0 aliphatic rings. The lowest BCUT2D eigenvalue weighted by Crippen LogP contribution is -1.94. The fourth-order valence-corrected chi connectivity index (χ4v) is 1.54. The molecule has 1 heterocycles. The van der Waals surface area contributed by atoms with Crippen molar-refractivity contribution in [2.45, 2.75) is 6.54 Å². The first kappa shape index (κ1) is 9.11. The van der Waals surface area contributed by atoms with Gasteiger partial charge in [0.15, 0.2) is 0 Å². The number of nitrogens with two attached hydrogens (primary N) is 1. The Morgan fingerprint density at radius 2 is 2.00 bits per heavy atom. The van der Waals surface area contributed by atoms with Crippen LogP contribution in [0.4, 0.5) is 0 Å². The third kappa shape index (κ3) is 2.07. The third-order valence-corrected chi connectivity index (χ3v) is 2.39. The molecule has 2 rings (SSSR count). The van der Waals surface area contributed by atoms with E-state index in [-0.39, 0.29) is 0 Å². The maximum Gasteiger partial charge on any atom is 0.299 e. The number of hydrogen-bond donors (Lipinski definition) is 1. The van der Waals surface area contributed by atoms with Gasteiger partial charge in [-0.1, -0.05) is 34.6 Å². The van der Waals surface area contributed by atoms with Crippen molar-refractivity contribution in [2.24, 2.45) is 5.73 Å². The highest BCUT2D eigenvalue weighted by Crippen LogP contribution is 2.23. The minimum atomic E-state index is 0.399. The van der Waals surface area contributed by atoms with Crippen molar-refractivity contribution in [3.8, 4) is 10.9 Å². The Labute approximate surface area is 85.4 Å². The molecule has 0 aliphatic carbocycles. The number of hydrogen-bond acceptors (Lipinski definition) is 5. The van der Waals surface area contributed by atoms with Crippen molar-refractivity contribution < 1.29 is 4.74 Å². The van der Waals surface area contributed by atoms with Crippen LogP contribution in [-0.2, 0) is 6.54 Å². The summed E-state index contributed by atoms with van der Waals surface area (Å²) < 4.78 is 5.45. The van der Waals surface area contributed by atoms with Crippen molar-refractivity contribution >= 4 is 11.3 Å². The maximum absolute atomic E-state index is 5.45. The average molecular weight is 207 g/mol. The summed E-state index contributed by atoms with van der Waals surface area (Å²) in [6.45, 7) is 0.399. The Hall–Kier alpha value is -1.46. The zero-order valence-corrected chi connectivity index (χ0v) is 8.20. The molecule has 2 N–H and O–H groups in total. The molecule has 0 radical (unpaired) electrons. The van der Waals surface area contributed by atoms with E-state index < -0.39 is 0 Å². The highest BCUT2D eigenvalue weighted by molar-refractivity contribution is 7.13. The highest BCUT2D eigenvalue weighted by Gasteiger charge is 2.03. The van der Waals surface area contributed by atoms with Crippen LogP contribution in [-0.4, -0.2) is 10.2 Å². The third-order valence-electron chi connectivity index (χ3n) is 1.57. The zero-order chi connectivity index (χ0) is 9.80. The molecule has 0 amide bonds. The number of benzene rings is 1. The van der Waals surface area contributed by atoms with Crippen LogP contribution < -0.4 is 10.5 Å². The van der Waals surface area contributed by atoms with Gasteiger partial charge in [0.25, 0.3) is 5.19 Å². The molecular formula is C9H9N3OS. The number of ether oxygens (including phenoxy) is 1. The van der Waals surface area contributed by atoms with E-state index in [1.54, 1.807) is 0 Å². The number of aromatic nitrogens is 2. The monoisotopic (exact) mass is 207 g/mol. The Balaban J connectivity index is 2.11. The summed E-state index contributed by atoms with van der Waals surface area (Å²) in [6.07, 6.45) is 0. The van der Waals surface area contributed by atoms with E-state index in [0.717, 1.165) is 10.8 Å². The van der Waals surface area contributed by atoms with Gasteiger partial charge in [0.2, 0.25) is 0 Å². The van der Waals surface area contributed by atoms with E-state index >= 15 is 0 Å². The normalized spacial score (nSPS) is 10.1. The smallest absolute Gasteiger partial charge is 0.299 e. The molecule has 1 aromatic heterocycles. The number of rotatable bonds is 3. The molecule has 14 heavy (non-hydrogen) atoms. The van der Waals surface area contributed by atoms with Crippen molar-refractivity contribution in [2.75, 3.05) is 0 Å². The van der Waals surface area contributed by atoms with Gasteiger partial charge < -0.3 is 10.5 Å². The zero-order valence-electron chi connectivity index (χ0n) is 7.38. The molecule has 0 saturated carbocycles. The highest BCUT2D eigenvalue weighted by atomic mass is 32.1. The molecule has 2 aromatic rings. The van der Waals surface area contributed by atoms with Gasteiger partial charge in [0.1, 0.15) is 10.8 Å². The van der Waals surface area contributed by atoms with Gasteiger partial charge in [-0.3, -0.25) is 0 Å². The van der Waals surface area contributed by atoms with Crippen LogP contribution >= 0.6 is 11.3 Å². The van der Waals surface area contributed by atoms with Crippen LogP contribution in [0, 0.1) is 0 Å². The van der Waals surface area contributed by atoms with E-state index in [1.165, 1.54) is 11.3 Å². The summed E-state index contributed by atoms with van der Waals surface area (Å²) in [6, 6.07) is 9.46. The second kappa shape index (κ2) is 4.17. The quantitative estimate of drug-likeness (QED) is 0.833. The Kier molecular flexibility index (Phi) is 2.71. The molecule has 0 atom stereocenters. The van der Waals surface area contributed by atoms with Crippen molar-refractivity contribution in [3.63, 3.8) is 0 Å². The predicted octanol–water partition coefficient (Wildman–Crippen LogP) is 1.79. The second-order valence-corrected chi connectivity index (χ2v) is 3.61. The van der Waals surface area contributed by atoms with Crippen molar-refractivity contribution in [1.82, 2.24) is 10.2 Å². The fraction of sp³-hybridized carbons (Fsp3) is 0.111. The van der Waals surface area contributed by atoms with E-state index in [1.807, 2.05) is 30.3 Å². The fourth-order valence-electron chi connectivity index (χ4n) is 0.951. The molecule has 0 bridgehead atoms.